The number of nitrogens with zero attached hydrogens (tertiary/aromatic N) is 5. The Morgan fingerprint density at radius 1 is 1.15 bits per heavy atom. The molecule has 0 bridgehead atoms. The van der Waals surface area contributed by atoms with Gasteiger partial charge in [0, 0.05) is 63.7 Å². The molecule has 4 aromatic rings. The van der Waals surface area contributed by atoms with Crippen molar-refractivity contribution in [3.63, 3.8) is 0 Å². The van der Waals surface area contributed by atoms with Crippen molar-refractivity contribution in [2.24, 2.45) is 7.05 Å². The molecule has 1 aliphatic heterocycles. The summed E-state index contributed by atoms with van der Waals surface area (Å²) in [6, 6.07) is 9.27. The van der Waals surface area contributed by atoms with Crippen molar-refractivity contribution in [3.05, 3.63) is 60.3 Å². The van der Waals surface area contributed by atoms with E-state index in [1.807, 2.05) is 29.9 Å². The Balaban J connectivity index is 1.47. The van der Waals surface area contributed by atoms with Crippen molar-refractivity contribution < 1.29 is 17.5 Å². The number of methoxy groups -OCH3 is 1. The second-order valence-corrected chi connectivity index (χ2v) is 12.4. The van der Waals surface area contributed by atoms with Crippen molar-refractivity contribution >= 4 is 26.6 Å². The van der Waals surface area contributed by atoms with Crippen LogP contribution >= 0.6 is 0 Å². The minimum absolute atomic E-state index is 0.218. The molecule has 0 saturated carbocycles. The molecule has 3 aromatic heterocycles. The highest BCUT2D eigenvalue weighted by Crippen LogP contribution is 2.29. The van der Waals surface area contributed by atoms with Gasteiger partial charge in [-0.1, -0.05) is 6.07 Å². The lowest BCUT2D eigenvalue weighted by Crippen LogP contribution is -2.43. The van der Waals surface area contributed by atoms with Crippen LogP contribution in [0.2, 0.25) is 0 Å². The molecule has 1 aliphatic rings. The zero-order valence-corrected chi connectivity index (χ0v) is 23.4. The van der Waals surface area contributed by atoms with E-state index in [1.165, 1.54) is 6.07 Å². The number of rotatable bonds is 10. The Kier molecular flexibility index (Phi) is 8.01. The van der Waals surface area contributed by atoms with Crippen LogP contribution in [0.1, 0.15) is 18.4 Å². The molecule has 1 fully saturated rings. The third-order valence-electron chi connectivity index (χ3n) is 7.53. The monoisotopic (exact) mass is 554 g/mol. The minimum atomic E-state index is -2.93. The second kappa shape index (κ2) is 11.4. The summed E-state index contributed by atoms with van der Waals surface area (Å²) < 4.78 is 47.6. The van der Waals surface area contributed by atoms with Crippen molar-refractivity contribution in [2.75, 3.05) is 50.7 Å². The summed E-state index contributed by atoms with van der Waals surface area (Å²) in [4.78, 5) is 7.33. The van der Waals surface area contributed by atoms with E-state index in [4.69, 9.17) is 9.72 Å². The van der Waals surface area contributed by atoms with Crippen LogP contribution in [0.25, 0.3) is 28.0 Å². The molecule has 208 valence electrons. The van der Waals surface area contributed by atoms with Gasteiger partial charge in [0.2, 0.25) is 0 Å². The number of aromatic nitrogens is 4. The molecule has 1 N–H and O–H groups in total. The van der Waals surface area contributed by atoms with Gasteiger partial charge < -0.3 is 10.1 Å². The maximum absolute atomic E-state index is 14.5. The summed E-state index contributed by atoms with van der Waals surface area (Å²) in [5.41, 5.74) is 4.63. The van der Waals surface area contributed by atoms with Crippen LogP contribution in [-0.4, -0.2) is 84.1 Å². The number of fused-ring (bicyclic) bond motifs is 1. The van der Waals surface area contributed by atoms with Crippen molar-refractivity contribution in [3.8, 4) is 16.9 Å². The number of halogens is 1. The fraction of sp³-hybridized carbons (Fsp3) is 0.429. The Morgan fingerprint density at radius 2 is 1.95 bits per heavy atom. The van der Waals surface area contributed by atoms with Gasteiger partial charge in [0.15, 0.2) is 0 Å². The molecule has 0 spiro atoms. The Bertz CT molecular complexity index is 1550. The first kappa shape index (κ1) is 27.3. The number of nitrogens with one attached hydrogen (secondary N) is 1. The lowest BCUT2D eigenvalue weighted by Gasteiger charge is -2.34. The number of pyridine rings is 1. The standard InChI is InChI=1S/C28H35FN6O3S/c1-30-27-6-4-20(16-25(27)29)26-7-5-24-21(18-35(28(24)32-26)23-17-31-33(2)19-23)8-11-34(12-13-38-3)22-9-14-39(36,37)15-10-22/h4-7,16-19,22,30H,8-15H2,1-3H3. The fourth-order valence-electron chi connectivity index (χ4n) is 5.33. The van der Waals surface area contributed by atoms with E-state index < -0.39 is 9.84 Å². The molecule has 1 saturated heterocycles. The minimum Gasteiger partial charge on any atom is -0.386 e. The molecular formula is C28H35FN6O3S. The van der Waals surface area contributed by atoms with E-state index in [0.717, 1.165) is 41.8 Å². The number of anilines is 1. The summed E-state index contributed by atoms with van der Waals surface area (Å²) in [6.45, 7) is 2.12. The lowest BCUT2D eigenvalue weighted by atomic mass is 10.1. The maximum Gasteiger partial charge on any atom is 0.150 e. The number of benzene rings is 1. The van der Waals surface area contributed by atoms with Gasteiger partial charge in [-0.05, 0) is 49.1 Å². The quantitative estimate of drug-likeness (QED) is 0.320. The van der Waals surface area contributed by atoms with E-state index in [-0.39, 0.29) is 23.4 Å². The summed E-state index contributed by atoms with van der Waals surface area (Å²) >= 11 is 0. The lowest BCUT2D eigenvalue weighted by molar-refractivity contribution is 0.115. The summed E-state index contributed by atoms with van der Waals surface area (Å²) in [5.74, 6) is 0.153. The van der Waals surface area contributed by atoms with Crippen LogP contribution in [-0.2, 0) is 28.0 Å². The molecular weight excluding hydrogens is 519 g/mol. The van der Waals surface area contributed by atoms with Crippen molar-refractivity contribution in [1.82, 2.24) is 24.2 Å². The molecule has 4 heterocycles. The molecule has 5 rings (SSSR count). The van der Waals surface area contributed by atoms with E-state index in [0.29, 0.717) is 36.4 Å². The average Bonchev–Trinajstić information content (AvgIpc) is 3.52. The molecule has 0 aliphatic carbocycles. The average molecular weight is 555 g/mol. The van der Waals surface area contributed by atoms with Crippen molar-refractivity contribution in [2.45, 2.75) is 25.3 Å². The van der Waals surface area contributed by atoms with Gasteiger partial charge in [0.25, 0.3) is 0 Å². The Hall–Kier alpha value is -3.28. The topological polar surface area (TPSA) is 94.3 Å². The highest BCUT2D eigenvalue weighted by molar-refractivity contribution is 7.91. The van der Waals surface area contributed by atoms with Gasteiger partial charge in [-0.25, -0.2) is 17.8 Å². The first-order chi connectivity index (χ1) is 18.8. The molecule has 0 atom stereocenters. The zero-order valence-electron chi connectivity index (χ0n) is 22.6. The Labute approximate surface area is 228 Å². The first-order valence-electron chi connectivity index (χ1n) is 13.2. The number of aryl methyl sites for hydroxylation is 1. The van der Waals surface area contributed by atoms with Crippen LogP contribution < -0.4 is 5.32 Å². The molecule has 9 nitrogen and oxygen atoms in total. The van der Waals surface area contributed by atoms with Crippen LogP contribution in [0, 0.1) is 5.82 Å². The van der Waals surface area contributed by atoms with Crippen LogP contribution in [0.4, 0.5) is 10.1 Å². The summed E-state index contributed by atoms with van der Waals surface area (Å²) in [7, 11) is 2.32. The third kappa shape index (κ3) is 6.00. The van der Waals surface area contributed by atoms with Gasteiger partial charge in [0.05, 0.1) is 41.4 Å². The molecule has 1 aromatic carbocycles. The number of sulfone groups is 1. The smallest absolute Gasteiger partial charge is 0.150 e. The maximum atomic E-state index is 14.5. The van der Waals surface area contributed by atoms with Gasteiger partial charge in [-0.15, -0.1) is 0 Å². The van der Waals surface area contributed by atoms with Gasteiger partial charge >= 0.3 is 0 Å². The van der Waals surface area contributed by atoms with E-state index >= 15 is 0 Å². The third-order valence-corrected chi connectivity index (χ3v) is 9.24. The van der Waals surface area contributed by atoms with Crippen molar-refractivity contribution in [1.29, 1.82) is 0 Å². The van der Waals surface area contributed by atoms with Gasteiger partial charge in [-0.3, -0.25) is 14.1 Å². The van der Waals surface area contributed by atoms with Gasteiger partial charge in [0.1, 0.15) is 21.3 Å². The first-order valence-corrected chi connectivity index (χ1v) is 15.0. The largest absolute Gasteiger partial charge is 0.386 e. The number of hydrogen-bond donors (Lipinski definition) is 1. The highest BCUT2D eigenvalue weighted by atomic mass is 32.2. The molecule has 39 heavy (non-hydrogen) atoms. The molecule has 0 amide bonds. The predicted molar refractivity (Wildman–Crippen MR) is 152 cm³/mol. The second-order valence-electron chi connectivity index (χ2n) is 10.1. The summed E-state index contributed by atoms with van der Waals surface area (Å²) in [6.07, 6.45) is 7.90. The molecule has 0 radical (unpaired) electrons. The highest BCUT2D eigenvalue weighted by Gasteiger charge is 2.28. The van der Waals surface area contributed by atoms with E-state index in [9.17, 15) is 12.8 Å². The fourth-order valence-corrected chi connectivity index (χ4v) is 6.79. The number of ether oxygens (including phenoxy) is 1. The summed E-state index contributed by atoms with van der Waals surface area (Å²) in [5, 5.41) is 8.22. The van der Waals surface area contributed by atoms with E-state index in [2.05, 4.69) is 27.6 Å². The van der Waals surface area contributed by atoms with Crippen LogP contribution in [0.5, 0.6) is 0 Å². The number of hydrogen-bond acceptors (Lipinski definition) is 7. The predicted octanol–water partition coefficient (Wildman–Crippen LogP) is 3.67. The Morgan fingerprint density at radius 3 is 2.62 bits per heavy atom. The van der Waals surface area contributed by atoms with Crippen LogP contribution in [0.3, 0.4) is 0 Å². The van der Waals surface area contributed by atoms with E-state index in [1.54, 1.807) is 31.1 Å². The zero-order chi connectivity index (χ0) is 27.6. The SMILES string of the molecule is CNc1ccc(-c2ccc3c(CCN(CCOC)C4CCS(=O)(=O)CC4)cn(-c4cnn(C)c4)c3n2)cc1F. The molecule has 0 unspecified atom stereocenters. The van der Waals surface area contributed by atoms with Gasteiger partial charge in [-0.2, -0.15) is 5.10 Å². The normalized spacial score (nSPS) is 15.8. The molecule has 11 heteroatoms. The van der Waals surface area contributed by atoms with Crippen LogP contribution in [0.15, 0.2) is 48.9 Å².